The maximum atomic E-state index is 12.3. The number of methoxy groups -OCH3 is 1. The number of likely N-dealkylation sites (N-methyl/N-ethyl adjacent to an activating group) is 1. The Balaban J connectivity index is 3.24. The first-order valence-corrected chi connectivity index (χ1v) is 7.49. The van der Waals surface area contributed by atoms with Gasteiger partial charge in [0.15, 0.2) is 0 Å². The van der Waals surface area contributed by atoms with Gasteiger partial charge in [-0.05, 0) is 41.1 Å². The molecule has 1 aromatic rings. The van der Waals surface area contributed by atoms with Gasteiger partial charge in [-0.2, -0.15) is 4.31 Å². The number of sulfonamides is 1. The second-order valence-electron chi connectivity index (χ2n) is 3.83. The van der Waals surface area contributed by atoms with Gasteiger partial charge in [0.25, 0.3) is 0 Å². The zero-order chi connectivity index (χ0) is 14.8. The highest BCUT2D eigenvalue weighted by molar-refractivity contribution is 9.10. The van der Waals surface area contributed by atoms with Gasteiger partial charge in [0.2, 0.25) is 10.0 Å². The minimum atomic E-state index is -3.89. The predicted molar refractivity (Wildman–Crippen MR) is 72.7 cm³/mol. The molecule has 0 aliphatic carbocycles. The molecule has 1 unspecified atom stereocenters. The van der Waals surface area contributed by atoms with Crippen molar-refractivity contribution in [2.24, 2.45) is 0 Å². The van der Waals surface area contributed by atoms with Crippen LogP contribution in [0.3, 0.4) is 0 Å². The standard InChI is InChI=1S/C11H14BrNO5S/c1-7(11(14)15)13(2)19(16,17)10-5-4-8(18-3)6-9(10)12/h4-7H,1-3H3,(H,14,15). The SMILES string of the molecule is COc1ccc(S(=O)(=O)N(C)C(C)C(=O)O)c(Br)c1. The minimum Gasteiger partial charge on any atom is -0.497 e. The molecule has 1 N–H and O–H groups in total. The van der Waals surface area contributed by atoms with Crippen LogP contribution in [0.4, 0.5) is 0 Å². The van der Waals surface area contributed by atoms with Crippen molar-refractivity contribution in [3.8, 4) is 5.75 Å². The molecule has 0 spiro atoms. The topological polar surface area (TPSA) is 83.9 Å². The third kappa shape index (κ3) is 3.26. The predicted octanol–water partition coefficient (Wildman–Crippen LogP) is 1.55. The van der Waals surface area contributed by atoms with Crippen LogP contribution in [0, 0.1) is 0 Å². The normalized spacial score (nSPS) is 13.3. The van der Waals surface area contributed by atoms with Gasteiger partial charge in [-0.25, -0.2) is 8.42 Å². The highest BCUT2D eigenvalue weighted by Crippen LogP contribution is 2.29. The maximum Gasteiger partial charge on any atom is 0.321 e. The van der Waals surface area contributed by atoms with E-state index in [4.69, 9.17) is 9.84 Å². The number of hydrogen-bond donors (Lipinski definition) is 1. The Kier molecular flexibility index (Phi) is 4.94. The van der Waals surface area contributed by atoms with E-state index in [0.717, 1.165) is 4.31 Å². The van der Waals surface area contributed by atoms with Crippen LogP contribution in [0.2, 0.25) is 0 Å². The lowest BCUT2D eigenvalue weighted by atomic mass is 10.3. The number of carboxylic acids is 1. The molecular weight excluding hydrogens is 338 g/mol. The molecular formula is C11H14BrNO5S. The van der Waals surface area contributed by atoms with Gasteiger partial charge >= 0.3 is 5.97 Å². The van der Waals surface area contributed by atoms with E-state index >= 15 is 0 Å². The van der Waals surface area contributed by atoms with Gasteiger partial charge in [0.1, 0.15) is 11.8 Å². The van der Waals surface area contributed by atoms with Crippen LogP contribution in [-0.2, 0) is 14.8 Å². The number of hydrogen-bond acceptors (Lipinski definition) is 4. The average Bonchev–Trinajstić information content (AvgIpc) is 2.36. The Hall–Kier alpha value is -1.12. The van der Waals surface area contributed by atoms with Crippen LogP contribution < -0.4 is 4.74 Å². The van der Waals surface area contributed by atoms with Crippen molar-refractivity contribution in [2.45, 2.75) is 17.9 Å². The first kappa shape index (κ1) is 15.9. The summed E-state index contributed by atoms with van der Waals surface area (Å²) in [5.41, 5.74) is 0. The van der Waals surface area contributed by atoms with Crippen molar-refractivity contribution in [3.63, 3.8) is 0 Å². The van der Waals surface area contributed by atoms with E-state index in [1.54, 1.807) is 0 Å². The van der Waals surface area contributed by atoms with Crippen LogP contribution in [-0.4, -0.2) is 44.0 Å². The smallest absolute Gasteiger partial charge is 0.321 e. The quantitative estimate of drug-likeness (QED) is 0.869. The Bertz CT molecular complexity index is 587. The van der Waals surface area contributed by atoms with E-state index in [-0.39, 0.29) is 4.90 Å². The Morgan fingerprint density at radius 1 is 1.47 bits per heavy atom. The summed E-state index contributed by atoms with van der Waals surface area (Å²) in [5.74, 6) is -0.713. The second-order valence-corrected chi connectivity index (χ2v) is 6.65. The summed E-state index contributed by atoms with van der Waals surface area (Å²) in [4.78, 5) is 10.9. The van der Waals surface area contributed by atoms with E-state index in [1.165, 1.54) is 39.3 Å². The summed E-state index contributed by atoms with van der Waals surface area (Å²) in [5, 5.41) is 8.88. The molecule has 8 heteroatoms. The fourth-order valence-electron chi connectivity index (χ4n) is 1.34. The number of carbonyl (C=O) groups is 1. The molecule has 1 aromatic carbocycles. The lowest BCUT2D eigenvalue weighted by molar-refractivity contribution is -0.140. The number of nitrogens with zero attached hydrogens (tertiary/aromatic N) is 1. The van der Waals surface area contributed by atoms with Gasteiger partial charge in [0.05, 0.1) is 12.0 Å². The van der Waals surface area contributed by atoms with Crippen molar-refractivity contribution in [1.82, 2.24) is 4.31 Å². The molecule has 0 radical (unpaired) electrons. The average molecular weight is 352 g/mol. The van der Waals surface area contributed by atoms with Gasteiger partial charge in [0, 0.05) is 11.5 Å². The molecule has 0 bridgehead atoms. The summed E-state index contributed by atoms with van der Waals surface area (Å²) < 4.78 is 30.7. The van der Waals surface area contributed by atoms with E-state index in [1.807, 2.05) is 0 Å². The zero-order valence-corrected chi connectivity index (χ0v) is 13.0. The molecule has 0 heterocycles. The zero-order valence-electron chi connectivity index (χ0n) is 10.6. The van der Waals surface area contributed by atoms with Crippen LogP contribution in [0.25, 0.3) is 0 Å². The van der Waals surface area contributed by atoms with E-state index in [0.29, 0.717) is 10.2 Å². The molecule has 1 rings (SSSR count). The Labute approximate surface area is 120 Å². The van der Waals surface area contributed by atoms with Crippen LogP contribution in [0.5, 0.6) is 5.75 Å². The number of rotatable bonds is 5. The summed E-state index contributed by atoms with van der Waals surface area (Å²) in [6, 6.07) is 3.21. The molecule has 0 aliphatic heterocycles. The number of carboxylic acid groups (broad SMARTS) is 1. The number of ether oxygens (including phenoxy) is 1. The molecule has 0 aliphatic rings. The Morgan fingerprint density at radius 2 is 2.05 bits per heavy atom. The van der Waals surface area contributed by atoms with Gasteiger partial charge in [-0.15, -0.1) is 0 Å². The molecule has 19 heavy (non-hydrogen) atoms. The molecule has 0 saturated heterocycles. The number of aliphatic carboxylic acids is 1. The molecule has 0 amide bonds. The maximum absolute atomic E-state index is 12.3. The summed E-state index contributed by atoms with van der Waals surface area (Å²) in [7, 11) is -1.20. The summed E-state index contributed by atoms with van der Waals surface area (Å²) in [6.07, 6.45) is 0. The monoisotopic (exact) mass is 351 g/mol. The third-order valence-corrected chi connectivity index (χ3v) is 5.60. The Morgan fingerprint density at radius 3 is 2.47 bits per heavy atom. The summed E-state index contributed by atoms with van der Waals surface area (Å²) >= 11 is 3.14. The molecule has 106 valence electrons. The number of halogens is 1. The van der Waals surface area contributed by atoms with Crippen molar-refractivity contribution < 1.29 is 23.1 Å². The van der Waals surface area contributed by atoms with E-state index in [9.17, 15) is 13.2 Å². The highest BCUT2D eigenvalue weighted by Gasteiger charge is 2.30. The fraction of sp³-hybridized carbons (Fsp3) is 0.364. The van der Waals surface area contributed by atoms with E-state index in [2.05, 4.69) is 15.9 Å². The highest BCUT2D eigenvalue weighted by atomic mass is 79.9. The van der Waals surface area contributed by atoms with Crippen molar-refractivity contribution in [3.05, 3.63) is 22.7 Å². The van der Waals surface area contributed by atoms with Crippen molar-refractivity contribution in [1.29, 1.82) is 0 Å². The van der Waals surface area contributed by atoms with Crippen LogP contribution >= 0.6 is 15.9 Å². The molecule has 0 fully saturated rings. The van der Waals surface area contributed by atoms with Gasteiger partial charge < -0.3 is 9.84 Å². The first-order valence-electron chi connectivity index (χ1n) is 5.26. The second kappa shape index (κ2) is 5.89. The van der Waals surface area contributed by atoms with Gasteiger partial charge in [-0.3, -0.25) is 4.79 Å². The van der Waals surface area contributed by atoms with Crippen molar-refractivity contribution >= 4 is 31.9 Å². The first-order chi connectivity index (χ1) is 8.71. The largest absolute Gasteiger partial charge is 0.497 e. The fourth-order valence-corrected chi connectivity index (χ4v) is 3.67. The van der Waals surface area contributed by atoms with Gasteiger partial charge in [-0.1, -0.05) is 0 Å². The third-order valence-electron chi connectivity index (χ3n) is 2.70. The van der Waals surface area contributed by atoms with Crippen LogP contribution in [0.1, 0.15) is 6.92 Å². The molecule has 1 atom stereocenters. The lowest BCUT2D eigenvalue weighted by Crippen LogP contribution is -2.40. The molecule has 6 nitrogen and oxygen atoms in total. The lowest BCUT2D eigenvalue weighted by Gasteiger charge is -2.21. The van der Waals surface area contributed by atoms with Crippen LogP contribution in [0.15, 0.2) is 27.6 Å². The van der Waals surface area contributed by atoms with E-state index < -0.39 is 22.0 Å². The minimum absolute atomic E-state index is 0.0103. The summed E-state index contributed by atoms with van der Waals surface area (Å²) in [6.45, 7) is 1.30. The molecule has 0 aromatic heterocycles. The molecule has 0 saturated carbocycles. The van der Waals surface area contributed by atoms with Crippen molar-refractivity contribution in [2.75, 3.05) is 14.2 Å². The number of benzene rings is 1.